The number of aromatic nitrogens is 5. The van der Waals surface area contributed by atoms with Gasteiger partial charge in [0, 0.05) is 25.0 Å². The molecule has 2 N–H and O–H groups in total. The molecule has 0 amide bonds. The first kappa shape index (κ1) is 18.4. The van der Waals surface area contributed by atoms with E-state index in [1.807, 2.05) is 22.9 Å². The number of H-pyrrole nitrogens is 1. The summed E-state index contributed by atoms with van der Waals surface area (Å²) < 4.78 is 7.65. The molecule has 3 aromatic rings. The van der Waals surface area contributed by atoms with E-state index in [4.69, 9.17) is 4.74 Å². The number of fused-ring (bicyclic) bond motifs is 1. The van der Waals surface area contributed by atoms with Gasteiger partial charge < -0.3 is 14.6 Å². The molecule has 2 saturated heterocycles. The van der Waals surface area contributed by atoms with Crippen molar-refractivity contribution in [3.63, 3.8) is 0 Å². The molecule has 29 heavy (non-hydrogen) atoms. The van der Waals surface area contributed by atoms with Crippen LogP contribution in [0.4, 0.5) is 0 Å². The zero-order chi connectivity index (χ0) is 19.8. The minimum absolute atomic E-state index is 0.0579. The maximum absolute atomic E-state index is 13.1. The number of hydrogen-bond donors (Lipinski definition) is 2. The highest BCUT2D eigenvalue weighted by atomic mass is 16.5. The average molecular weight is 395 g/mol. The zero-order valence-electron chi connectivity index (χ0n) is 16.7. The lowest BCUT2D eigenvalue weighted by molar-refractivity contribution is -0.914. The van der Waals surface area contributed by atoms with Gasteiger partial charge in [-0.05, 0) is 53.8 Å². The first-order valence-electron chi connectivity index (χ1n) is 10.5. The highest BCUT2D eigenvalue weighted by Crippen LogP contribution is 2.21. The maximum Gasteiger partial charge on any atom is 0.258 e. The predicted octanol–water partition coefficient (Wildman–Crippen LogP) is 0.770. The van der Waals surface area contributed by atoms with Crippen LogP contribution in [0.1, 0.15) is 48.7 Å². The summed E-state index contributed by atoms with van der Waals surface area (Å²) in [6.07, 6.45) is 4.56. The molecule has 2 aliphatic heterocycles. The number of ether oxygens (including phenoxy) is 1. The predicted molar refractivity (Wildman–Crippen MR) is 108 cm³/mol. The van der Waals surface area contributed by atoms with Crippen LogP contribution in [0.3, 0.4) is 0 Å². The van der Waals surface area contributed by atoms with Crippen LogP contribution < -0.4 is 10.5 Å². The Balaban J connectivity index is 1.60. The molecule has 2 atom stereocenters. The number of hydrogen-bond acceptors (Lipinski definition) is 5. The third-order valence-electron chi connectivity index (χ3n) is 6.21. The van der Waals surface area contributed by atoms with Gasteiger partial charge in [0.25, 0.3) is 5.56 Å². The summed E-state index contributed by atoms with van der Waals surface area (Å²) in [5.41, 5.74) is 2.71. The normalized spacial score (nSPS) is 21.2. The fourth-order valence-corrected chi connectivity index (χ4v) is 4.75. The molecule has 2 fully saturated rings. The van der Waals surface area contributed by atoms with Crippen molar-refractivity contribution >= 4 is 10.9 Å². The molecular formula is C21H27N6O2+. The Hall–Kier alpha value is -2.58. The van der Waals surface area contributed by atoms with Gasteiger partial charge in [-0.2, -0.15) is 0 Å². The minimum Gasteiger partial charge on any atom is -0.376 e. The Morgan fingerprint density at radius 2 is 2.14 bits per heavy atom. The monoisotopic (exact) mass is 395 g/mol. The third kappa shape index (κ3) is 3.58. The molecule has 0 unspecified atom stereocenters. The zero-order valence-corrected chi connectivity index (χ0v) is 16.7. The summed E-state index contributed by atoms with van der Waals surface area (Å²) in [7, 11) is 0. The van der Waals surface area contributed by atoms with Crippen LogP contribution in [0.5, 0.6) is 0 Å². The Labute approximate surface area is 168 Å². The smallest absolute Gasteiger partial charge is 0.258 e. The van der Waals surface area contributed by atoms with Crippen molar-refractivity contribution in [3.8, 4) is 0 Å². The van der Waals surface area contributed by atoms with Gasteiger partial charge in [-0.3, -0.25) is 4.79 Å². The minimum atomic E-state index is -0.178. The van der Waals surface area contributed by atoms with E-state index in [0.717, 1.165) is 67.7 Å². The Bertz CT molecular complexity index is 1060. The lowest BCUT2D eigenvalue weighted by Gasteiger charge is -2.24. The molecule has 152 valence electrons. The number of nitrogens with one attached hydrogen (secondary N) is 2. The van der Waals surface area contributed by atoms with Gasteiger partial charge >= 0.3 is 0 Å². The number of pyridine rings is 1. The van der Waals surface area contributed by atoms with E-state index in [1.165, 1.54) is 10.5 Å². The second kappa shape index (κ2) is 7.68. The van der Waals surface area contributed by atoms with Gasteiger partial charge in [0.1, 0.15) is 0 Å². The van der Waals surface area contributed by atoms with E-state index >= 15 is 0 Å². The maximum atomic E-state index is 13.1. The largest absolute Gasteiger partial charge is 0.376 e. The van der Waals surface area contributed by atoms with E-state index in [0.29, 0.717) is 6.54 Å². The van der Waals surface area contributed by atoms with Crippen molar-refractivity contribution in [1.29, 1.82) is 0 Å². The number of aromatic amines is 1. The van der Waals surface area contributed by atoms with Crippen LogP contribution in [0.2, 0.25) is 0 Å². The number of aryl methyl sites for hydroxylation is 1. The molecule has 0 saturated carbocycles. The first-order valence-corrected chi connectivity index (χ1v) is 10.5. The first-order chi connectivity index (χ1) is 14.2. The Kier molecular flexibility index (Phi) is 4.89. The van der Waals surface area contributed by atoms with Crippen molar-refractivity contribution in [1.82, 2.24) is 25.2 Å². The lowest BCUT2D eigenvalue weighted by atomic mass is 10.0. The molecule has 8 heteroatoms. The lowest BCUT2D eigenvalue weighted by Crippen LogP contribution is -3.10. The van der Waals surface area contributed by atoms with Gasteiger partial charge in [0.15, 0.2) is 6.04 Å². The molecular weight excluding hydrogens is 368 g/mol. The van der Waals surface area contributed by atoms with Crippen molar-refractivity contribution in [3.05, 3.63) is 51.6 Å². The topological polar surface area (TPSA) is 90.1 Å². The number of tetrazole rings is 1. The van der Waals surface area contributed by atoms with Crippen molar-refractivity contribution in [2.75, 3.05) is 19.7 Å². The van der Waals surface area contributed by atoms with Gasteiger partial charge in [0.05, 0.1) is 31.3 Å². The molecule has 8 nitrogen and oxygen atoms in total. The van der Waals surface area contributed by atoms with Crippen LogP contribution in [-0.2, 0) is 11.3 Å². The Morgan fingerprint density at radius 1 is 1.28 bits per heavy atom. The molecule has 2 aromatic heterocycles. The van der Waals surface area contributed by atoms with Gasteiger partial charge in [-0.1, -0.05) is 11.6 Å². The second-order valence-electron chi connectivity index (χ2n) is 8.30. The number of nitrogens with zero attached hydrogens (tertiary/aromatic N) is 4. The molecule has 0 bridgehead atoms. The van der Waals surface area contributed by atoms with Crippen molar-refractivity contribution in [2.45, 2.75) is 51.3 Å². The SMILES string of the molecule is Cc1ccc2[nH]c(=O)c([C@@H](c3nnnn3C[C@@H]3CCCO3)[NH+]3CCCC3)cc2c1. The van der Waals surface area contributed by atoms with Crippen LogP contribution >= 0.6 is 0 Å². The number of quaternary nitrogens is 1. The Morgan fingerprint density at radius 3 is 2.93 bits per heavy atom. The summed E-state index contributed by atoms with van der Waals surface area (Å²) in [5.74, 6) is 0.759. The number of likely N-dealkylation sites (tertiary alicyclic amines) is 1. The average Bonchev–Trinajstić information content (AvgIpc) is 3.47. The number of rotatable bonds is 5. The molecule has 5 rings (SSSR count). The molecule has 1 aromatic carbocycles. The van der Waals surface area contributed by atoms with Gasteiger partial charge in [-0.25, -0.2) is 4.68 Å². The van der Waals surface area contributed by atoms with Crippen LogP contribution in [0, 0.1) is 6.92 Å². The molecule has 4 heterocycles. The fourth-order valence-electron chi connectivity index (χ4n) is 4.75. The molecule has 0 radical (unpaired) electrons. The van der Waals surface area contributed by atoms with E-state index in [2.05, 4.69) is 33.5 Å². The summed E-state index contributed by atoms with van der Waals surface area (Å²) in [6.45, 7) is 5.53. The third-order valence-corrected chi connectivity index (χ3v) is 6.21. The highest BCUT2D eigenvalue weighted by molar-refractivity contribution is 5.79. The summed E-state index contributed by atoms with van der Waals surface area (Å²) in [6, 6.07) is 7.95. The summed E-state index contributed by atoms with van der Waals surface area (Å²) in [4.78, 5) is 17.5. The standard InChI is InChI=1S/C21H26N6O2/c1-14-6-7-18-15(11-14)12-17(21(28)22-18)19(26-8-2-3-9-26)20-23-24-25-27(20)13-16-5-4-10-29-16/h6-7,11-12,16,19H,2-5,8-10,13H2,1H3,(H,22,28)/p+1/t16-,19-/m0/s1. The van der Waals surface area contributed by atoms with E-state index in [1.54, 1.807) is 0 Å². The van der Waals surface area contributed by atoms with Gasteiger partial charge in [-0.15, -0.1) is 5.10 Å². The van der Waals surface area contributed by atoms with Crippen LogP contribution in [0.15, 0.2) is 29.1 Å². The highest BCUT2D eigenvalue weighted by Gasteiger charge is 2.36. The van der Waals surface area contributed by atoms with Crippen LogP contribution in [-0.4, -0.2) is 51.0 Å². The van der Waals surface area contributed by atoms with E-state index in [9.17, 15) is 4.79 Å². The summed E-state index contributed by atoms with van der Waals surface area (Å²) >= 11 is 0. The number of benzene rings is 1. The van der Waals surface area contributed by atoms with Crippen molar-refractivity contribution < 1.29 is 9.64 Å². The van der Waals surface area contributed by atoms with Crippen LogP contribution in [0.25, 0.3) is 10.9 Å². The van der Waals surface area contributed by atoms with Crippen molar-refractivity contribution in [2.24, 2.45) is 0 Å². The second-order valence-corrected chi connectivity index (χ2v) is 8.30. The van der Waals surface area contributed by atoms with E-state index < -0.39 is 0 Å². The quantitative estimate of drug-likeness (QED) is 0.666. The summed E-state index contributed by atoms with van der Waals surface area (Å²) in [5, 5.41) is 13.7. The molecule has 2 aliphatic rings. The van der Waals surface area contributed by atoms with E-state index in [-0.39, 0.29) is 17.7 Å². The fraction of sp³-hybridized carbons (Fsp3) is 0.524. The molecule has 0 aliphatic carbocycles. The molecule has 0 spiro atoms. The van der Waals surface area contributed by atoms with Gasteiger partial charge in [0.2, 0.25) is 5.82 Å².